The summed E-state index contributed by atoms with van der Waals surface area (Å²) >= 11 is 3.98. The normalized spacial score (nSPS) is 12.8. The predicted octanol–water partition coefficient (Wildman–Crippen LogP) is 0.525. The molecule has 0 aromatic heterocycles. The third-order valence-corrected chi connectivity index (χ3v) is 1.42. The van der Waals surface area contributed by atoms with Gasteiger partial charge in [-0.1, -0.05) is 0 Å². The van der Waals surface area contributed by atoms with Gasteiger partial charge < -0.3 is 11.1 Å². The Morgan fingerprint density at radius 1 is 1.54 bits per heavy atom. The molecule has 0 saturated carbocycles. The molecule has 0 fully saturated rings. The number of primary amides is 1. The minimum absolute atomic E-state index is 0.154. The first-order chi connectivity index (χ1) is 5.78. The van der Waals surface area contributed by atoms with E-state index in [4.69, 9.17) is 11.0 Å². The zero-order valence-corrected chi connectivity index (χ0v) is 8.77. The number of nitrogens with two attached hydrogens (primary N) is 1. The Hall–Kier alpha value is -1.15. The molecule has 0 aliphatic rings. The second kappa shape index (κ2) is 4.19. The highest BCUT2D eigenvalue weighted by molar-refractivity contribution is 7.84. The fourth-order valence-corrected chi connectivity index (χ4v) is 1.14. The maximum Gasteiger partial charge on any atom is 0.262 e. The molecule has 0 rings (SSSR count). The average molecular weight is 199 g/mol. The van der Waals surface area contributed by atoms with Gasteiger partial charge in [0.1, 0.15) is 11.6 Å². The fourth-order valence-electron chi connectivity index (χ4n) is 0.642. The molecule has 0 saturated heterocycles. The molecule has 13 heavy (non-hydrogen) atoms. The van der Waals surface area contributed by atoms with Gasteiger partial charge in [-0.3, -0.25) is 4.79 Å². The van der Waals surface area contributed by atoms with Gasteiger partial charge >= 0.3 is 0 Å². The number of nitrogens with zero attached hydrogens (tertiary/aromatic N) is 1. The monoisotopic (exact) mass is 199 g/mol. The van der Waals surface area contributed by atoms with Crippen LogP contribution in [0.15, 0.2) is 10.6 Å². The lowest BCUT2D eigenvalue weighted by atomic mass is 10.1. The topological polar surface area (TPSA) is 78.9 Å². The van der Waals surface area contributed by atoms with E-state index in [0.717, 1.165) is 0 Å². The number of hydrogen-bond acceptors (Lipinski definition) is 4. The molecule has 0 aliphatic heterocycles. The van der Waals surface area contributed by atoms with Crippen molar-refractivity contribution in [1.82, 2.24) is 5.32 Å². The Bertz CT molecular complexity index is 283. The second-order valence-electron chi connectivity index (χ2n) is 3.57. The maximum atomic E-state index is 10.7. The van der Waals surface area contributed by atoms with Gasteiger partial charge in [-0.25, -0.2) is 0 Å². The molecule has 0 aromatic carbocycles. The van der Waals surface area contributed by atoms with E-state index in [1.165, 1.54) is 0 Å². The summed E-state index contributed by atoms with van der Waals surface area (Å²) in [5.41, 5.74) is 4.55. The average Bonchev–Trinajstić information content (AvgIpc) is 1.82. The molecule has 0 unspecified atom stereocenters. The van der Waals surface area contributed by atoms with Crippen LogP contribution in [0, 0.1) is 11.3 Å². The molecule has 0 spiro atoms. The molecule has 0 aliphatic carbocycles. The molecule has 4 nitrogen and oxygen atoms in total. The third-order valence-electron chi connectivity index (χ3n) is 1.09. The summed E-state index contributed by atoms with van der Waals surface area (Å²) in [6.45, 7) is 5.66. The van der Waals surface area contributed by atoms with Gasteiger partial charge in [0.15, 0.2) is 0 Å². The van der Waals surface area contributed by atoms with Gasteiger partial charge in [0.05, 0.1) is 5.03 Å². The van der Waals surface area contributed by atoms with E-state index in [9.17, 15) is 4.79 Å². The van der Waals surface area contributed by atoms with E-state index in [-0.39, 0.29) is 16.1 Å². The van der Waals surface area contributed by atoms with Gasteiger partial charge in [0, 0.05) is 5.54 Å². The number of carbonyl (C=O) groups excluding carboxylic acids is 1. The summed E-state index contributed by atoms with van der Waals surface area (Å²) < 4.78 is 0. The van der Waals surface area contributed by atoms with Crippen LogP contribution in [0.1, 0.15) is 20.8 Å². The predicted molar refractivity (Wildman–Crippen MR) is 53.7 cm³/mol. The summed E-state index contributed by atoms with van der Waals surface area (Å²) in [6, 6.07) is 1.69. The van der Waals surface area contributed by atoms with Crippen molar-refractivity contribution in [3.05, 3.63) is 10.6 Å². The molecule has 0 radical (unpaired) electrons. The molecule has 0 atom stereocenters. The van der Waals surface area contributed by atoms with Gasteiger partial charge in [-0.05, 0) is 20.8 Å². The van der Waals surface area contributed by atoms with E-state index in [1.807, 2.05) is 20.8 Å². The van der Waals surface area contributed by atoms with E-state index in [2.05, 4.69) is 17.9 Å². The molecule has 5 heteroatoms. The first kappa shape index (κ1) is 11.8. The Kier molecular flexibility index (Phi) is 3.82. The largest absolute Gasteiger partial charge is 0.374 e. The first-order valence-electron chi connectivity index (χ1n) is 3.69. The van der Waals surface area contributed by atoms with Crippen LogP contribution in [-0.4, -0.2) is 11.4 Å². The Morgan fingerprint density at radius 2 is 2.00 bits per heavy atom. The van der Waals surface area contributed by atoms with Crippen LogP contribution in [0.4, 0.5) is 0 Å². The zero-order valence-electron chi connectivity index (χ0n) is 7.88. The summed E-state index contributed by atoms with van der Waals surface area (Å²) in [5.74, 6) is -0.774. The number of nitrogens with one attached hydrogen (secondary N) is 1. The van der Waals surface area contributed by atoms with Crippen molar-refractivity contribution in [1.29, 1.82) is 5.26 Å². The SMILES string of the molecule is CC(C)(C)N/C(S)=C(/C#N)C(N)=O. The highest BCUT2D eigenvalue weighted by Gasteiger charge is 2.15. The number of amides is 1. The Balaban J connectivity index is 4.82. The minimum Gasteiger partial charge on any atom is -0.374 e. The first-order valence-corrected chi connectivity index (χ1v) is 4.14. The van der Waals surface area contributed by atoms with Crippen molar-refractivity contribution < 1.29 is 4.79 Å². The zero-order chi connectivity index (χ0) is 10.6. The molecule has 72 valence electrons. The second-order valence-corrected chi connectivity index (χ2v) is 4.02. The standard InChI is InChI=1S/C8H13N3OS/c1-8(2,3)11-7(13)5(4-9)6(10)12/h11,13H,1-3H3,(H2,10,12)/b7-5+. The smallest absolute Gasteiger partial charge is 0.262 e. The number of rotatable bonds is 2. The third kappa shape index (κ3) is 4.43. The Labute approximate surface area is 83.2 Å². The molecule has 3 N–H and O–H groups in total. The summed E-state index contributed by atoms with van der Waals surface area (Å²) in [6.07, 6.45) is 0. The lowest BCUT2D eigenvalue weighted by Gasteiger charge is -2.22. The Morgan fingerprint density at radius 3 is 2.23 bits per heavy atom. The number of thiol groups is 1. The van der Waals surface area contributed by atoms with Crippen LogP contribution in [0.5, 0.6) is 0 Å². The lowest BCUT2D eigenvalue weighted by Crippen LogP contribution is -2.35. The number of carbonyl (C=O) groups is 1. The number of nitriles is 1. The van der Waals surface area contributed by atoms with E-state index < -0.39 is 5.91 Å². The highest BCUT2D eigenvalue weighted by atomic mass is 32.1. The molecule has 0 heterocycles. The van der Waals surface area contributed by atoms with Crippen LogP contribution in [0.25, 0.3) is 0 Å². The van der Waals surface area contributed by atoms with Gasteiger partial charge in [0.2, 0.25) is 0 Å². The summed E-state index contributed by atoms with van der Waals surface area (Å²) in [7, 11) is 0. The molecular weight excluding hydrogens is 186 g/mol. The minimum atomic E-state index is -0.774. The van der Waals surface area contributed by atoms with Crippen molar-refractivity contribution >= 4 is 18.5 Å². The summed E-state index contributed by atoms with van der Waals surface area (Å²) in [5, 5.41) is 11.6. The van der Waals surface area contributed by atoms with Crippen molar-refractivity contribution in [2.75, 3.05) is 0 Å². The molecule has 1 amide bonds. The fraction of sp³-hybridized carbons (Fsp3) is 0.500. The molecule has 0 aromatic rings. The van der Waals surface area contributed by atoms with Crippen LogP contribution in [0.2, 0.25) is 0 Å². The molecular formula is C8H13N3OS. The summed E-state index contributed by atoms with van der Waals surface area (Å²) in [4.78, 5) is 10.7. The van der Waals surface area contributed by atoms with E-state index in [0.29, 0.717) is 0 Å². The van der Waals surface area contributed by atoms with Crippen molar-refractivity contribution in [2.45, 2.75) is 26.3 Å². The van der Waals surface area contributed by atoms with Crippen LogP contribution in [-0.2, 0) is 4.79 Å². The van der Waals surface area contributed by atoms with Gasteiger partial charge in [-0.15, -0.1) is 12.6 Å². The quantitative estimate of drug-likeness (QED) is 0.345. The number of hydrogen-bond donors (Lipinski definition) is 3. The van der Waals surface area contributed by atoms with Crippen LogP contribution < -0.4 is 11.1 Å². The van der Waals surface area contributed by atoms with Crippen molar-refractivity contribution in [3.63, 3.8) is 0 Å². The van der Waals surface area contributed by atoms with Gasteiger partial charge in [-0.2, -0.15) is 5.26 Å². The van der Waals surface area contributed by atoms with Crippen LogP contribution in [0.3, 0.4) is 0 Å². The van der Waals surface area contributed by atoms with Crippen molar-refractivity contribution in [3.8, 4) is 6.07 Å². The maximum absolute atomic E-state index is 10.7. The van der Waals surface area contributed by atoms with E-state index in [1.54, 1.807) is 6.07 Å². The lowest BCUT2D eigenvalue weighted by molar-refractivity contribution is -0.114. The van der Waals surface area contributed by atoms with Crippen LogP contribution >= 0.6 is 12.6 Å². The van der Waals surface area contributed by atoms with Gasteiger partial charge in [0.25, 0.3) is 5.91 Å². The van der Waals surface area contributed by atoms with E-state index >= 15 is 0 Å². The molecule has 0 bridgehead atoms. The highest BCUT2D eigenvalue weighted by Crippen LogP contribution is 2.10. The van der Waals surface area contributed by atoms with Crippen molar-refractivity contribution in [2.24, 2.45) is 5.73 Å².